The molecule has 0 atom stereocenters. The smallest absolute Gasteiger partial charge is 0.170 e. The van der Waals surface area contributed by atoms with Crippen LogP contribution >= 0.6 is 11.6 Å². The number of ether oxygens (including phenoxy) is 1. The van der Waals surface area contributed by atoms with Gasteiger partial charge < -0.3 is 10.1 Å². The van der Waals surface area contributed by atoms with Gasteiger partial charge in [0.05, 0.1) is 12.0 Å². The maximum absolute atomic E-state index is 12.3. The topological polar surface area (TPSA) is 38.3 Å². The van der Waals surface area contributed by atoms with E-state index < -0.39 is 0 Å². The van der Waals surface area contributed by atoms with Gasteiger partial charge in [-0.3, -0.25) is 4.79 Å². The van der Waals surface area contributed by atoms with Crippen LogP contribution in [0.15, 0.2) is 12.1 Å². The van der Waals surface area contributed by atoms with Crippen molar-refractivity contribution < 1.29 is 9.53 Å². The molecule has 0 bridgehead atoms. The lowest BCUT2D eigenvalue weighted by atomic mass is 9.83. The number of piperidine rings is 1. The Morgan fingerprint density at radius 2 is 2.06 bits per heavy atom. The minimum absolute atomic E-state index is 0.153. The molecule has 0 amide bonds. The van der Waals surface area contributed by atoms with Gasteiger partial charge in [-0.15, -0.1) is 0 Å². The second-order valence-electron chi connectivity index (χ2n) is 5.23. The molecular weight excluding hydrogens is 250 g/mol. The summed E-state index contributed by atoms with van der Waals surface area (Å²) in [5.74, 6) is 0.857. The van der Waals surface area contributed by atoms with E-state index in [0.29, 0.717) is 22.8 Å². The Kier molecular flexibility index (Phi) is 2.83. The second kappa shape index (κ2) is 4.25. The molecule has 4 heteroatoms. The van der Waals surface area contributed by atoms with Crippen LogP contribution < -0.4 is 10.1 Å². The number of carbonyl (C=O) groups excluding carboxylic acids is 1. The van der Waals surface area contributed by atoms with Gasteiger partial charge in [-0.25, -0.2) is 0 Å². The van der Waals surface area contributed by atoms with Crippen LogP contribution in [-0.2, 0) is 0 Å². The molecule has 1 fully saturated rings. The first-order valence-electron chi connectivity index (χ1n) is 6.33. The molecule has 3 nitrogen and oxygen atoms in total. The lowest BCUT2D eigenvalue weighted by Gasteiger charge is -2.41. The molecule has 1 aromatic rings. The van der Waals surface area contributed by atoms with Crippen LogP contribution in [0.25, 0.3) is 0 Å². The zero-order valence-electron chi connectivity index (χ0n) is 10.4. The van der Waals surface area contributed by atoms with Crippen LogP contribution in [0.1, 0.15) is 35.2 Å². The Morgan fingerprint density at radius 3 is 2.78 bits per heavy atom. The van der Waals surface area contributed by atoms with Gasteiger partial charge in [0.25, 0.3) is 0 Å². The number of rotatable bonds is 0. The minimum atomic E-state index is -0.296. The van der Waals surface area contributed by atoms with E-state index in [0.717, 1.165) is 31.5 Å². The van der Waals surface area contributed by atoms with Crippen molar-refractivity contribution in [1.82, 2.24) is 5.32 Å². The zero-order chi connectivity index (χ0) is 12.8. The number of aryl methyl sites for hydroxylation is 1. The predicted octanol–water partition coefficient (Wildman–Crippen LogP) is 2.74. The number of halogens is 1. The Morgan fingerprint density at radius 1 is 1.33 bits per heavy atom. The van der Waals surface area contributed by atoms with Crippen molar-refractivity contribution in [2.75, 3.05) is 13.1 Å². The third-order valence-electron chi connectivity index (χ3n) is 3.89. The van der Waals surface area contributed by atoms with Gasteiger partial charge in [-0.05, 0) is 37.7 Å². The summed E-state index contributed by atoms with van der Waals surface area (Å²) in [6.45, 7) is 3.75. The van der Waals surface area contributed by atoms with Crippen LogP contribution in [0.3, 0.4) is 0 Å². The van der Waals surface area contributed by atoms with Crippen LogP contribution in [0.4, 0.5) is 0 Å². The van der Waals surface area contributed by atoms with Gasteiger partial charge in [0.15, 0.2) is 5.78 Å². The molecule has 0 radical (unpaired) electrons. The van der Waals surface area contributed by atoms with E-state index in [1.54, 1.807) is 6.07 Å². The molecule has 1 saturated heterocycles. The molecule has 1 N–H and O–H groups in total. The summed E-state index contributed by atoms with van der Waals surface area (Å²) in [5, 5.41) is 3.93. The Labute approximate surface area is 111 Å². The quantitative estimate of drug-likeness (QED) is 0.784. The number of ketones is 1. The molecule has 96 valence electrons. The molecule has 2 aliphatic rings. The normalized spacial score (nSPS) is 21.6. The monoisotopic (exact) mass is 265 g/mol. The summed E-state index contributed by atoms with van der Waals surface area (Å²) in [5.41, 5.74) is 1.29. The molecule has 0 saturated carbocycles. The van der Waals surface area contributed by atoms with Crippen molar-refractivity contribution in [3.05, 3.63) is 28.3 Å². The highest BCUT2D eigenvalue weighted by atomic mass is 35.5. The summed E-state index contributed by atoms with van der Waals surface area (Å²) in [4.78, 5) is 12.3. The van der Waals surface area contributed by atoms with Gasteiger partial charge in [-0.2, -0.15) is 0 Å². The van der Waals surface area contributed by atoms with Crippen molar-refractivity contribution in [3.8, 4) is 5.75 Å². The summed E-state index contributed by atoms with van der Waals surface area (Å²) < 4.78 is 6.15. The van der Waals surface area contributed by atoms with E-state index in [-0.39, 0.29) is 11.4 Å². The molecule has 2 aliphatic heterocycles. The maximum atomic E-state index is 12.3. The van der Waals surface area contributed by atoms with Crippen molar-refractivity contribution in [2.45, 2.75) is 31.8 Å². The standard InChI is InChI=1S/C14H16ClNO2/c1-9-6-13-10(7-11(9)15)12(17)8-14(18-13)2-4-16-5-3-14/h6-7,16H,2-5,8H2,1H3. The van der Waals surface area contributed by atoms with Crippen LogP contribution in [0.2, 0.25) is 5.02 Å². The third kappa shape index (κ3) is 1.91. The average Bonchev–Trinajstić information content (AvgIpc) is 2.33. The van der Waals surface area contributed by atoms with Gasteiger partial charge in [0.2, 0.25) is 0 Å². The van der Waals surface area contributed by atoms with E-state index >= 15 is 0 Å². The van der Waals surface area contributed by atoms with Crippen molar-refractivity contribution in [2.24, 2.45) is 0 Å². The maximum Gasteiger partial charge on any atom is 0.170 e. The molecule has 0 aromatic heterocycles. The van der Waals surface area contributed by atoms with E-state index in [1.165, 1.54) is 0 Å². The fourth-order valence-electron chi connectivity index (χ4n) is 2.78. The Hall–Kier alpha value is -1.06. The first kappa shape index (κ1) is 12.0. The number of Topliss-reactive ketones (excluding diaryl/α,β-unsaturated/α-hetero) is 1. The van der Waals surface area contributed by atoms with Gasteiger partial charge in [-0.1, -0.05) is 11.6 Å². The number of fused-ring (bicyclic) bond motifs is 1. The van der Waals surface area contributed by atoms with Gasteiger partial charge in [0.1, 0.15) is 11.4 Å². The van der Waals surface area contributed by atoms with Gasteiger partial charge in [0, 0.05) is 17.9 Å². The van der Waals surface area contributed by atoms with Crippen LogP contribution in [0.5, 0.6) is 5.75 Å². The number of hydrogen-bond donors (Lipinski definition) is 1. The SMILES string of the molecule is Cc1cc2c(cc1Cl)C(=O)CC1(CCNCC1)O2. The first-order chi connectivity index (χ1) is 8.60. The summed E-state index contributed by atoms with van der Waals surface area (Å²) in [7, 11) is 0. The molecule has 2 heterocycles. The van der Waals surface area contributed by atoms with Crippen LogP contribution in [0, 0.1) is 6.92 Å². The number of nitrogens with one attached hydrogen (secondary N) is 1. The van der Waals surface area contributed by atoms with Crippen molar-refractivity contribution in [1.29, 1.82) is 0 Å². The molecule has 1 aromatic carbocycles. The summed E-state index contributed by atoms with van der Waals surface area (Å²) in [6, 6.07) is 3.63. The number of hydrogen-bond acceptors (Lipinski definition) is 3. The fourth-order valence-corrected chi connectivity index (χ4v) is 2.94. The molecule has 18 heavy (non-hydrogen) atoms. The molecule has 1 spiro atoms. The average molecular weight is 266 g/mol. The highest BCUT2D eigenvalue weighted by Gasteiger charge is 2.41. The predicted molar refractivity (Wildman–Crippen MR) is 70.6 cm³/mol. The molecular formula is C14H16ClNO2. The van der Waals surface area contributed by atoms with E-state index in [4.69, 9.17) is 16.3 Å². The lowest BCUT2D eigenvalue weighted by molar-refractivity contribution is 0.0187. The third-order valence-corrected chi connectivity index (χ3v) is 4.29. The lowest BCUT2D eigenvalue weighted by Crippen LogP contribution is -2.49. The van der Waals surface area contributed by atoms with Crippen molar-refractivity contribution in [3.63, 3.8) is 0 Å². The van der Waals surface area contributed by atoms with Crippen LogP contribution in [-0.4, -0.2) is 24.5 Å². The van der Waals surface area contributed by atoms with E-state index in [2.05, 4.69) is 5.32 Å². The highest BCUT2D eigenvalue weighted by Crippen LogP contribution is 2.40. The summed E-state index contributed by atoms with van der Waals surface area (Å²) >= 11 is 6.07. The molecule has 3 rings (SSSR count). The fraction of sp³-hybridized carbons (Fsp3) is 0.500. The van der Waals surface area contributed by atoms with Crippen molar-refractivity contribution >= 4 is 17.4 Å². The zero-order valence-corrected chi connectivity index (χ0v) is 11.1. The molecule has 0 unspecified atom stereocenters. The summed E-state index contributed by atoms with van der Waals surface area (Å²) in [6.07, 6.45) is 2.25. The van der Waals surface area contributed by atoms with E-state index in [1.807, 2.05) is 13.0 Å². The highest BCUT2D eigenvalue weighted by molar-refractivity contribution is 6.31. The second-order valence-corrected chi connectivity index (χ2v) is 5.64. The Bertz CT molecular complexity index is 507. The number of benzene rings is 1. The van der Waals surface area contributed by atoms with E-state index in [9.17, 15) is 4.79 Å². The Balaban J connectivity index is 2.01. The van der Waals surface area contributed by atoms with Gasteiger partial charge >= 0.3 is 0 Å². The minimum Gasteiger partial charge on any atom is -0.486 e. The largest absolute Gasteiger partial charge is 0.486 e. The first-order valence-corrected chi connectivity index (χ1v) is 6.71. The molecule has 0 aliphatic carbocycles. The number of carbonyl (C=O) groups is 1.